The fourth-order valence-corrected chi connectivity index (χ4v) is 4.11. The first-order valence-corrected chi connectivity index (χ1v) is 10.4. The van der Waals surface area contributed by atoms with Crippen LogP contribution < -0.4 is 14.5 Å². The Bertz CT molecular complexity index is 916. The summed E-state index contributed by atoms with van der Waals surface area (Å²) < 4.78 is 4.51. The number of anilines is 2. The molecule has 0 radical (unpaired) electrons. The van der Waals surface area contributed by atoms with Crippen LogP contribution in [0.1, 0.15) is 29.3 Å². The Hall–Kier alpha value is -2.64. The predicted molar refractivity (Wildman–Crippen MR) is 120 cm³/mol. The molecule has 0 atom stereocenters. The van der Waals surface area contributed by atoms with Gasteiger partial charge in [-0.1, -0.05) is 13.0 Å². The highest BCUT2D eigenvalue weighted by atomic mass is 16.6. The number of nitrogens with zero attached hydrogens (tertiary/aromatic N) is 4. The van der Waals surface area contributed by atoms with Gasteiger partial charge in [-0.2, -0.15) is 0 Å². The summed E-state index contributed by atoms with van der Waals surface area (Å²) in [5.74, 6) is 0.362. The van der Waals surface area contributed by atoms with Crippen LogP contribution in [0.3, 0.4) is 0 Å². The van der Waals surface area contributed by atoms with Crippen LogP contribution in [0.5, 0.6) is 5.88 Å². The number of quaternary nitrogens is 1. The van der Waals surface area contributed by atoms with Crippen LogP contribution in [-0.2, 0) is 6.42 Å². The van der Waals surface area contributed by atoms with E-state index in [1.807, 2.05) is 19.9 Å². The van der Waals surface area contributed by atoms with Gasteiger partial charge in [0.1, 0.15) is 18.8 Å². The number of methoxy groups -OCH3 is 1. The number of pyridine rings is 1. The van der Waals surface area contributed by atoms with Gasteiger partial charge in [0.05, 0.1) is 20.2 Å². The molecule has 1 saturated heterocycles. The number of rotatable bonds is 4. The average molecular weight is 413 g/mol. The van der Waals surface area contributed by atoms with Crippen molar-refractivity contribution in [1.29, 1.82) is 0 Å². The fourth-order valence-electron chi connectivity index (χ4n) is 4.11. The Labute approximate surface area is 179 Å². The number of carbonyl (C=O) groups is 1. The van der Waals surface area contributed by atoms with Crippen molar-refractivity contribution >= 4 is 17.4 Å². The molecular weight excluding hydrogens is 380 g/mol. The summed E-state index contributed by atoms with van der Waals surface area (Å²) >= 11 is 0. The first-order chi connectivity index (χ1) is 14.2. The third-order valence-corrected chi connectivity index (χ3v) is 5.87. The van der Waals surface area contributed by atoms with E-state index in [9.17, 15) is 10.0 Å². The molecule has 1 aromatic carbocycles. The van der Waals surface area contributed by atoms with Gasteiger partial charge in [-0.3, -0.25) is 9.55 Å². The number of hydrogen-bond acceptors (Lipinski definition) is 5. The molecule has 7 nitrogen and oxygen atoms in total. The molecule has 0 N–H and O–H groups in total. The van der Waals surface area contributed by atoms with Crippen molar-refractivity contribution in [3.05, 3.63) is 51.9 Å². The third kappa shape index (κ3) is 4.27. The minimum absolute atomic E-state index is 0.207. The lowest BCUT2D eigenvalue weighted by molar-refractivity contribution is -0.798. The predicted octanol–water partition coefficient (Wildman–Crippen LogP) is 3.97. The standard InChI is InChI=1S/C23H32N4O3/c1-7-19-15-21(22(30-6)24-18(19)4)25(5)23(28)27(29)10-8-26(9-11-27)20-13-16(2)12-17(3)14-20/h12-15H,7-11H2,1-6H3. The molecule has 1 aliphatic rings. The summed E-state index contributed by atoms with van der Waals surface area (Å²) in [6, 6.07) is 7.80. The number of carbonyl (C=O) groups excluding carboxylic acids is 1. The van der Waals surface area contributed by atoms with Gasteiger partial charge in [0, 0.05) is 18.4 Å². The Balaban J connectivity index is 1.79. The third-order valence-electron chi connectivity index (χ3n) is 5.87. The lowest BCUT2D eigenvalue weighted by Crippen LogP contribution is -2.62. The molecule has 30 heavy (non-hydrogen) atoms. The van der Waals surface area contributed by atoms with Crippen LogP contribution in [0.15, 0.2) is 24.3 Å². The molecule has 1 aliphatic heterocycles. The molecule has 0 spiro atoms. The number of hydroxylamine groups is 3. The minimum Gasteiger partial charge on any atom is -0.624 e. The summed E-state index contributed by atoms with van der Waals surface area (Å²) in [4.78, 5) is 21.3. The number of benzene rings is 1. The van der Waals surface area contributed by atoms with Gasteiger partial charge in [0.2, 0.25) is 5.88 Å². The molecular formula is C23H32N4O3. The second-order valence-corrected chi connectivity index (χ2v) is 8.13. The molecule has 0 saturated carbocycles. The molecule has 2 heterocycles. The monoisotopic (exact) mass is 412 g/mol. The molecule has 0 bridgehead atoms. The minimum atomic E-state index is -0.879. The SMILES string of the molecule is CCc1cc(N(C)C(=O)[N+]2([O-])CCN(c3cc(C)cc(C)c3)CC2)c(OC)nc1C. The van der Waals surface area contributed by atoms with Gasteiger partial charge >= 0.3 is 6.03 Å². The Morgan fingerprint density at radius 1 is 1.17 bits per heavy atom. The van der Waals surface area contributed by atoms with E-state index in [0.29, 0.717) is 24.7 Å². The second-order valence-electron chi connectivity index (χ2n) is 8.13. The summed E-state index contributed by atoms with van der Waals surface area (Å²) in [6.07, 6.45) is 0.792. The van der Waals surface area contributed by atoms with Gasteiger partial charge < -0.3 is 14.8 Å². The quantitative estimate of drug-likeness (QED) is 0.561. The number of hydrogen-bond donors (Lipinski definition) is 0. The molecule has 2 aromatic rings. The van der Waals surface area contributed by atoms with Crippen molar-refractivity contribution in [3.63, 3.8) is 0 Å². The normalized spacial score (nSPS) is 15.8. The van der Waals surface area contributed by atoms with E-state index in [4.69, 9.17) is 4.74 Å². The van der Waals surface area contributed by atoms with Gasteiger partial charge in [-0.25, -0.2) is 9.78 Å². The van der Waals surface area contributed by atoms with Crippen molar-refractivity contribution in [2.75, 3.05) is 50.1 Å². The van der Waals surface area contributed by atoms with E-state index >= 15 is 0 Å². The van der Waals surface area contributed by atoms with Crippen LogP contribution in [0.2, 0.25) is 0 Å². The van der Waals surface area contributed by atoms with Crippen molar-refractivity contribution in [2.45, 2.75) is 34.1 Å². The van der Waals surface area contributed by atoms with E-state index in [0.717, 1.165) is 23.4 Å². The zero-order chi connectivity index (χ0) is 22.1. The van der Waals surface area contributed by atoms with E-state index in [1.54, 1.807) is 7.05 Å². The first kappa shape index (κ1) is 22.1. The largest absolute Gasteiger partial charge is 0.624 e. The van der Waals surface area contributed by atoms with E-state index in [-0.39, 0.29) is 13.1 Å². The van der Waals surface area contributed by atoms with Crippen molar-refractivity contribution < 1.29 is 14.2 Å². The molecule has 3 rings (SSSR count). The Morgan fingerprint density at radius 3 is 2.30 bits per heavy atom. The van der Waals surface area contributed by atoms with Gasteiger partial charge in [0.15, 0.2) is 0 Å². The second kappa shape index (κ2) is 8.62. The first-order valence-electron chi connectivity index (χ1n) is 10.4. The maximum absolute atomic E-state index is 13.4. The van der Waals surface area contributed by atoms with E-state index in [2.05, 4.69) is 41.9 Å². The summed E-state index contributed by atoms with van der Waals surface area (Å²) in [5, 5.41) is 13.4. The van der Waals surface area contributed by atoms with Crippen LogP contribution in [-0.4, -0.2) is 56.0 Å². The maximum atomic E-state index is 13.4. The smallest absolute Gasteiger partial charge is 0.423 e. The van der Waals surface area contributed by atoms with Crippen LogP contribution in [0.25, 0.3) is 0 Å². The number of urea groups is 1. The van der Waals surface area contributed by atoms with Crippen LogP contribution >= 0.6 is 0 Å². The number of aromatic nitrogens is 1. The van der Waals surface area contributed by atoms with Crippen LogP contribution in [0.4, 0.5) is 16.2 Å². The van der Waals surface area contributed by atoms with Crippen LogP contribution in [0, 0.1) is 26.0 Å². The zero-order valence-electron chi connectivity index (χ0n) is 18.9. The summed E-state index contributed by atoms with van der Waals surface area (Å²) in [6.45, 7) is 9.58. The van der Waals surface area contributed by atoms with Gasteiger partial charge in [-0.05, 0) is 62.1 Å². The van der Waals surface area contributed by atoms with Crippen molar-refractivity contribution in [3.8, 4) is 5.88 Å². The highest BCUT2D eigenvalue weighted by Gasteiger charge is 2.37. The van der Waals surface area contributed by atoms with E-state index in [1.165, 1.54) is 23.1 Å². The fraction of sp³-hybridized carbons (Fsp3) is 0.478. The van der Waals surface area contributed by atoms with Crippen molar-refractivity contribution in [1.82, 2.24) is 4.98 Å². The Kier molecular flexibility index (Phi) is 6.33. The lowest BCUT2D eigenvalue weighted by Gasteiger charge is -2.47. The van der Waals surface area contributed by atoms with Gasteiger partial charge in [-0.15, -0.1) is 0 Å². The lowest BCUT2D eigenvalue weighted by atomic mass is 10.1. The molecule has 0 aliphatic carbocycles. The molecule has 1 aromatic heterocycles. The van der Waals surface area contributed by atoms with Crippen molar-refractivity contribution in [2.24, 2.45) is 0 Å². The number of ether oxygens (including phenoxy) is 1. The van der Waals surface area contributed by atoms with E-state index < -0.39 is 10.7 Å². The summed E-state index contributed by atoms with van der Waals surface area (Å²) in [7, 11) is 3.16. The Morgan fingerprint density at radius 2 is 1.77 bits per heavy atom. The highest BCUT2D eigenvalue weighted by molar-refractivity contribution is 5.88. The molecule has 7 heteroatoms. The topological polar surface area (TPSA) is 68.7 Å². The molecule has 0 unspecified atom stereocenters. The average Bonchev–Trinajstić information content (AvgIpc) is 2.72. The molecule has 162 valence electrons. The number of aryl methyl sites for hydroxylation is 4. The number of amides is 2. The summed E-state index contributed by atoms with van der Waals surface area (Å²) in [5.41, 5.74) is 5.93. The number of piperazine rings is 1. The molecule has 2 amide bonds. The zero-order valence-corrected chi connectivity index (χ0v) is 18.9. The highest BCUT2D eigenvalue weighted by Crippen LogP contribution is 2.31. The molecule has 1 fully saturated rings. The van der Waals surface area contributed by atoms with Gasteiger partial charge in [0.25, 0.3) is 0 Å². The maximum Gasteiger partial charge on any atom is 0.423 e.